The Bertz CT molecular complexity index is 1390. The number of aromatic nitrogens is 5. The highest BCUT2D eigenvalue weighted by atomic mass is 16.6. The smallest absolute Gasteiger partial charge is 0.410 e. The number of hydrogen-bond donors (Lipinski definition) is 1. The van der Waals surface area contributed by atoms with E-state index in [1.165, 1.54) is 0 Å². The van der Waals surface area contributed by atoms with Crippen LogP contribution in [0.15, 0.2) is 17.1 Å². The molecule has 0 saturated carbocycles. The summed E-state index contributed by atoms with van der Waals surface area (Å²) in [5.74, 6) is 3.27. The number of pyridine rings is 1. The molecule has 1 amide bonds. The fraction of sp³-hybridized carbons (Fsp3) is 0.519. The standard InChI is InChI=1S/C27H34N6O4/c1-7-14-36-25-19(15-17(8-2)16-28-25)23-29-21-20(9-3)33(31-22(21)24(34)30-23)18-10-12-32(13-11-18)26(35)37-27(4,5)6/h2,15-16,18H,7,9-14H2,1,3-6H3,(H,29,30,34). The number of H-pyrrole nitrogens is 1. The highest BCUT2D eigenvalue weighted by Gasteiger charge is 2.30. The molecule has 10 nitrogen and oxygen atoms in total. The van der Waals surface area contributed by atoms with Gasteiger partial charge in [0.25, 0.3) is 5.56 Å². The van der Waals surface area contributed by atoms with Crippen molar-refractivity contribution in [3.05, 3.63) is 33.9 Å². The summed E-state index contributed by atoms with van der Waals surface area (Å²) in [5.41, 5.74) is 1.91. The zero-order valence-corrected chi connectivity index (χ0v) is 22.1. The van der Waals surface area contributed by atoms with Gasteiger partial charge in [0.1, 0.15) is 16.9 Å². The molecule has 0 spiro atoms. The molecule has 4 rings (SSSR count). The number of likely N-dealkylation sites (tertiary alicyclic amines) is 1. The maximum absolute atomic E-state index is 13.1. The van der Waals surface area contributed by atoms with Gasteiger partial charge in [-0.3, -0.25) is 9.48 Å². The van der Waals surface area contributed by atoms with Crippen molar-refractivity contribution in [2.24, 2.45) is 0 Å². The van der Waals surface area contributed by atoms with Crippen LogP contribution >= 0.6 is 0 Å². The molecule has 3 aromatic rings. The Labute approximate surface area is 216 Å². The van der Waals surface area contributed by atoms with Gasteiger partial charge >= 0.3 is 6.09 Å². The van der Waals surface area contributed by atoms with E-state index in [0.29, 0.717) is 67.3 Å². The highest BCUT2D eigenvalue weighted by Crippen LogP contribution is 2.30. The highest BCUT2D eigenvalue weighted by molar-refractivity contribution is 5.79. The van der Waals surface area contributed by atoms with E-state index >= 15 is 0 Å². The van der Waals surface area contributed by atoms with Crippen LogP contribution in [0.5, 0.6) is 5.88 Å². The van der Waals surface area contributed by atoms with Gasteiger partial charge in [-0.05, 0) is 52.5 Å². The lowest BCUT2D eigenvalue weighted by molar-refractivity contribution is 0.0184. The van der Waals surface area contributed by atoms with Crippen LogP contribution in [0.1, 0.15) is 71.2 Å². The summed E-state index contributed by atoms with van der Waals surface area (Å²) in [6.07, 6.45) is 9.69. The Hall–Kier alpha value is -3.87. The first kappa shape index (κ1) is 26.2. The quantitative estimate of drug-likeness (QED) is 0.501. The van der Waals surface area contributed by atoms with E-state index in [1.807, 2.05) is 39.3 Å². The van der Waals surface area contributed by atoms with Crippen LogP contribution in [0.3, 0.4) is 0 Å². The molecule has 1 aliphatic heterocycles. The lowest BCUT2D eigenvalue weighted by Gasteiger charge is -2.34. The van der Waals surface area contributed by atoms with Gasteiger partial charge in [0.15, 0.2) is 5.52 Å². The molecule has 0 unspecified atom stereocenters. The molecule has 1 N–H and O–H groups in total. The summed E-state index contributed by atoms with van der Waals surface area (Å²) in [7, 11) is 0. The Kier molecular flexibility index (Phi) is 7.52. The zero-order valence-electron chi connectivity index (χ0n) is 22.1. The summed E-state index contributed by atoms with van der Waals surface area (Å²) in [6.45, 7) is 11.2. The summed E-state index contributed by atoms with van der Waals surface area (Å²) in [5, 5.41) is 4.67. The molecular formula is C27H34N6O4. The first-order valence-corrected chi connectivity index (χ1v) is 12.7. The van der Waals surface area contributed by atoms with E-state index < -0.39 is 5.60 Å². The monoisotopic (exact) mass is 506 g/mol. The summed E-state index contributed by atoms with van der Waals surface area (Å²) in [6, 6.07) is 1.78. The van der Waals surface area contributed by atoms with Gasteiger partial charge in [0.05, 0.1) is 23.9 Å². The second kappa shape index (κ2) is 10.6. The van der Waals surface area contributed by atoms with E-state index in [0.717, 1.165) is 12.1 Å². The minimum Gasteiger partial charge on any atom is -0.477 e. The van der Waals surface area contributed by atoms with E-state index in [2.05, 4.69) is 21.0 Å². The SMILES string of the molecule is C#Cc1cnc(OCCC)c(-c2nc3c(CC)n(C4CCN(C(=O)OC(C)(C)C)CC4)nc3c(=O)[nH]2)c1. The Morgan fingerprint density at radius 1 is 1.24 bits per heavy atom. The van der Waals surface area contributed by atoms with Gasteiger partial charge in [-0.2, -0.15) is 5.10 Å². The predicted molar refractivity (Wildman–Crippen MR) is 141 cm³/mol. The summed E-state index contributed by atoms with van der Waals surface area (Å²) in [4.78, 5) is 39.4. The molecule has 0 atom stereocenters. The normalized spacial score (nSPS) is 14.5. The fourth-order valence-electron chi connectivity index (χ4n) is 4.43. The number of carbonyl (C=O) groups excluding carboxylic acids is 1. The van der Waals surface area contributed by atoms with Crippen molar-refractivity contribution in [3.8, 4) is 29.6 Å². The maximum atomic E-state index is 13.1. The Balaban J connectivity index is 1.68. The molecule has 196 valence electrons. The van der Waals surface area contributed by atoms with Gasteiger partial charge in [-0.25, -0.2) is 14.8 Å². The molecule has 37 heavy (non-hydrogen) atoms. The molecule has 10 heteroatoms. The van der Waals surface area contributed by atoms with Crippen molar-refractivity contribution in [1.82, 2.24) is 29.6 Å². The van der Waals surface area contributed by atoms with Crippen LogP contribution in [-0.2, 0) is 11.2 Å². The van der Waals surface area contributed by atoms with E-state index in [1.54, 1.807) is 17.2 Å². The number of nitrogens with zero attached hydrogens (tertiary/aromatic N) is 5. The van der Waals surface area contributed by atoms with Crippen LogP contribution < -0.4 is 10.3 Å². The second-order valence-electron chi connectivity index (χ2n) is 10.1. The number of fused-ring (bicyclic) bond motifs is 1. The third-order valence-corrected chi connectivity index (χ3v) is 6.17. The molecular weight excluding hydrogens is 472 g/mol. The van der Waals surface area contributed by atoms with Crippen LogP contribution in [0.4, 0.5) is 4.79 Å². The third kappa shape index (κ3) is 5.61. The number of hydrogen-bond acceptors (Lipinski definition) is 7. The van der Waals surface area contributed by atoms with Crippen LogP contribution in [0.25, 0.3) is 22.4 Å². The molecule has 0 aliphatic carbocycles. The fourth-order valence-corrected chi connectivity index (χ4v) is 4.43. The summed E-state index contributed by atoms with van der Waals surface area (Å²) < 4.78 is 13.2. The number of piperidine rings is 1. The van der Waals surface area contributed by atoms with E-state index in [4.69, 9.17) is 20.9 Å². The lowest BCUT2D eigenvalue weighted by Crippen LogP contribution is -2.42. The average Bonchev–Trinajstić information content (AvgIpc) is 3.25. The average molecular weight is 507 g/mol. The molecule has 1 fully saturated rings. The Morgan fingerprint density at radius 3 is 2.59 bits per heavy atom. The number of amides is 1. The zero-order chi connectivity index (χ0) is 26.7. The number of aryl methyl sites for hydroxylation is 1. The van der Waals surface area contributed by atoms with E-state index in [9.17, 15) is 9.59 Å². The van der Waals surface area contributed by atoms with Gasteiger partial charge in [0, 0.05) is 24.8 Å². The molecule has 1 saturated heterocycles. The van der Waals surface area contributed by atoms with Crippen molar-refractivity contribution in [1.29, 1.82) is 0 Å². The van der Waals surface area contributed by atoms with Gasteiger partial charge in [-0.1, -0.05) is 19.8 Å². The van der Waals surface area contributed by atoms with Crippen LogP contribution in [-0.4, -0.2) is 61.0 Å². The molecule has 0 bridgehead atoms. The molecule has 0 aromatic carbocycles. The van der Waals surface area contributed by atoms with Crippen molar-refractivity contribution in [2.45, 2.75) is 71.9 Å². The minimum atomic E-state index is -0.538. The maximum Gasteiger partial charge on any atom is 0.410 e. The number of aromatic amines is 1. The number of nitrogens with one attached hydrogen (secondary N) is 1. The third-order valence-electron chi connectivity index (χ3n) is 6.17. The molecule has 4 heterocycles. The topological polar surface area (TPSA) is 115 Å². The number of terminal acetylenes is 1. The molecule has 1 aliphatic rings. The number of rotatable bonds is 6. The molecule has 0 radical (unpaired) electrons. The number of ether oxygens (including phenoxy) is 2. The largest absolute Gasteiger partial charge is 0.477 e. The van der Waals surface area contributed by atoms with Crippen LogP contribution in [0.2, 0.25) is 0 Å². The summed E-state index contributed by atoms with van der Waals surface area (Å²) >= 11 is 0. The van der Waals surface area contributed by atoms with Gasteiger partial charge in [0.2, 0.25) is 5.88 Å². The minimum absolute atomic E-state index is 0.0422. The Morgan fingerprint density at radius 2 is 1.97 bits per heavy atom. The molecule has 3 aromatic heterocycles. The van der Waals surface area contributed by atoms with Crippen molar-refractivity contribution in [2.75, 3.05) is 19.7 Å². The van der Waals surface area contributed by atoms with Crippen molar-refractivity contribution in [3.63, 3.8) is 0 Å². The number of carbonyl (C=O) groups is 1. The van der Waals surface area contributed by atoms with Crippen LogP contribution in [0, 0.1) is 12.3 Å². The first-order valence-electron chi connectivity index (χ1n) is 12.7. The van der Waals surface area contributed by atoms with Gasteiger partial charge in [-0.15, -0.1) is 6.42 Å². The van der Waals surface area contributed by atoms with E-state index in [-0.39, 0.29) is 23.2 Å². The van der Waals surface area contributed by atoms with Crippen molar-refractivity contribution >= 4 is 17.1 Å². The second-order valence-corrected chi connectivity index (χ2v) is 10.1. The predicted octanol–water partition coefficient (Wildman–Crippen LogP) is 4.09. The van der Waals surface area contributed by atoms with Gasteiger partial charge < -0.3 is 19.4 Å². The lowest BCUT2D eigenvalue weighted by atomic mass is 10.1. The van der Waals surface area contributed by atoms with Crippen molar-refractivity contribution < 1.29 is 14.3 Å². The first-order chi connectivity index (χ1) is 17.6.